The van der Waals surface area contributed by atoms with Crippen molar-refractivity contribution in [3.8, 4) is 0 Å². The molecule has 1 heterocycles. The highest BCUT2D eigenvalue weighted by atomic mass is 32.2. The molecular formula is C21H19F3N2O3S2. The van der Waals surface area contributed by atoms with Crippen LogP contribution in [0.5, 0.6) is 0 Å². The van der Waals surface area contributed by atoms with E-state index in [9.17, 15) is 26.4 Å². The lowest BCUT2D eigenvalue weighted by atomic mass is 10.1. The monoisotopic (exact) mass is 468 g/mol. The van der Waals surface area contributed by atoms with Crippen molar-refractivity contribution in [2.45, 2.75) is 30.6 Å². The summed E-state index contributed by atoms with van der Waals surface area (Å²) >= 11 is 1.42. The van der Waals surface area contributed by atoms with Crippen molar-refractivity contribution < 1.29 is 26.4 Å². The van der Waals surface area contributed by atoms with Crippen LogP contribution in [0.4, 0.5) is 13.2 Å². The van der Waals surface area contributed by atoms with Crippen LogP contribution < -0.4 is 10.0 Å². The van der Waals surface area contributed by atoms with E-state index in [1.54, 1.807) is 13.0 Å². The molecule has 2 aromatic carbocycles. The Labute approximate surface area is 182 Å². The zero-order chi connectivity index (χ0) is 22.6. The van der Waals surface area contributed by atoms with Crippen LogP contribution in [0.15, 0.2) is 70.9 Å². The van der Waals surface area contributed by atoms with Crippen LogP contribution in [0.25, 0.3) is 0 Å². The fourth-order valence-electron chi connectivity index (χ4n) is 2.79. The first-order chi connectivity index (χ1) is 14.6. The minimum absolute atomic E-state index is 0.0566. The fraction of sp³-hybridized carbons (Fsp3) is 0.190. The second-order valence-corrected chi connectivity index (χ2v) is 9.55. The predicted octanol–water partition coefficient (Wildman–Crippen LogP) is 4.74. The summed E-state index contributed by atoms with van der Waals surface area (Å²) in [6.07, 6.45) is -4.44. The van der Waals surface area contributed by atoms with Gasteiger partial charge in [0.25, 0.3) is 5.91 Å². The minimum Gasteiger partial charge on any atom is -0.346 e. The normalized spacial score (nSPS) is 13.0. The van der Waals surface area contributed by atoms with Crippen LogP contribution in [0, 0.1) is 0 Å². The Morgan fingerprint density at radius 2 is 1.77 bits per heavy atom. The lowest BCUT2D eigenvalue weighted by Gasteiger charge is -2.16. The van der Waals surface area contributed by atoms with E-state index in [4.69, 9.17) is 0 Å². The SMILES string of the molecule is CC(NC(=O)c1cccc(S(=O)(=O)NCc2cccs2)c1)c1ccc(C(F)(F)F)cc1. The van der Waals surface area contributed by atoms with Crippen LogP contribution in [-0.2, 0) is 22.7 Å². The van der Waals surface area contributed by atoms with Crippen LogP contribution >= 0.6 is 11.3 Å². The number of thiophene rings is 1. The van der Waals surface area contributed by atoms with Crippen molar-refractivity contribution in [2.75, 3.05) is 0 Å². The number of carbonyl (C=O) groups excluding carboxylic acids is 1. The molecular weight excluding hydrogens is 449 g/mol. The highest BCUT2D eigenvalue weighted by Gasteiger charge is 2.30. The zero-order valence-corrected chi connectivity index (χ0v) is 17.9. The number of carbonyl (C=O) groups is 1. The lowest BCUT2D eigenvalue weighted by Crippen LogP contribution is -2.27. The third-order valence-electron chi connectivity index (χ3n) is 4.51. The number of amides is 1. The molecule has 0 aliphatic heterocycles. The van der Waals surface area contributed by atoms with Gasteiger partial charge in [0.2, 0.25) is 10.0 Å². The summed E-state index contributed by atoms with van der Waals surface area (Å²) in [5.74, 6) is -0.539. The van der Waals surface area contributed by atoms with Crippen LogP contribution in [-0.4, -0.2) is 14.3 Å². The average Bonchev–Trinajstić information content (AvgIpc) is 3.26. The van der Waals surface area contributed by atoms with Gasteiger partial charge >= 0.3 is 6.18 Å². The van der Waals surface area contributed by atoms with Gasteiger partial charge in [-0.15, -0.1) is 11.3 Å². The summed E-state index contributed by atoms with van der Waals surface area (Å²) in [6.45, 7) is 1.77. The van der Waals surface area contributed by atoms with Gasteiger partial charge in [-0.1, -0.05) is 24.3 Å². The predicted molar refractivity (Wildman–Crippen MR) is 112 cm³/mol. The summed E-state index contributed by atoms with van der Waals surface area (Å²) in [5, 5.41) is 4.51. The van der Waals surface area contributed by atoms with Crippen molar-refractivity contribution in [2.24, 2.45) is 0 Å². The number of benzene rings is 2. The van der Waals surface area contributed by atoms with Crippen LogP contribution in [0.2, 0.25) is 0 Å². The number of hydrogen-bond donors (Lipinski definition) is 2. The summed E-state index contributed by atoms with van der Waals surface area (Å²) in [7, 11) is -3.82. The smallest absolute Gasteiger partial charge is 0.346 e. The first-order valence-electron chi connectivity index (χ1n) is 9.16. The van der Waals surface area contributed by atoms with Gasteiger partial charge in [-0.05, 0) is 54.3 Å². The van der Waals surface area contributed by atoms with Gasteiger partial charge in [0, 0.05) is 17.0 Å². The highest BCUT2D eigenvalue weighted by molar-refractivity contribution is 7.89. The van der Waals surface area contributed by atoms with Crippen LogP contribution in [0.3, 0.4) is 0 Å². The van der Waals surface area contributed by atoms with Crippen molar-refractivity contribution >= 4 is 27.3 Å². The molecule has 0 spiro atoms. The minimum atomic E-state index is -4.44. The van der Waals surface area contributed by atoms with Gasteiger partial charge in [-0.3, -0.25) is 4.79 Å². The van der Waals surface area contributed by atoms with E-state index in [-0.39, 0.29) is 17.0 Å². The maximum absolute atomic E-state index is 12.7. The Kier molecular flexibility index (Phi) is 6.83. The van der Waals surface area contributed by atoms with E-state index >= 15 is 0 Å². The molecule has 1 unspecified atom stereocenters. The Hall–Kier alpha value is -2.69. The molecule has 3 rings (SSSR count). The number of sulfonamides is 1. The van der Waals surface area contributed by atoms with E-state index < -0.39 is 33.7 Å². The van der Waals surface area contributed by atoms with E-state index in [1.165, 1.54) is 47.7 Å². The summed E-state index contributed by atoms with van der Waals surface area (Å²) in [4.78, 5) is 13.4. The van der Waals surface area contributed by atoms with E-state index in [1.807, 2.05) is 11.4 Å². The molecule has 0 bridgehead atoms. The standard InChI is InChI=1S/C21H19F3N2O3S2/c1-14(15-7-9-17(10-8-15)21(22,23)24)26-20(27)16-4-2-6-19(12-16)31(28,29)25-13-18-5-3-11-30-18/h2-12,14,25H,13H2,1H3,(H,26,27). The molecule has 1 atom stereocenters. The van der Waals surface area contributed by atoms with Gasteiger partial charge in [0.05, 0.1) is 16.5 Å². The van der Waals surface area contributed by atoms with Crippen LogP contribution in [0.1, 0.15) is 39.3 Å². The van der Waals surface area contributed by atoms with E-state index in [0.29, 0.717) is 5.56 Å². The van der Waals surface area contributed by atoms with Crippen molar-refractivity contribution in [1.82, 2.24) is 10.0 Å². The second kappa shape index (κ2) is 9.21. The second-order valence-electron chi connectivity index (χ2n) is 6.75. The van der Waals surface area contributed by atoms with Gasteiger partial charge in [0.15, 0.2) is 0 Å². The Bertz CT molecular complexity index is 1140. The first kappa shape index (κ1) is 23.0. The molecule has 31 heavy (non-hydrogen) atoms. The molecule has 2 N–H and O–H groups in total. The third-order valence-corrected chi connectivity index (χ3v) is 6.78. The molecule has 164 valence electrons. The molecule has 0 aliphatic carbocycles. The molecule has 10 heteroatoms. The van der Waals surface area contributed by atoms with Crippen molar-refractivity contribution in [1.29, 1.82) is 0 Å². The topological polar surface area (TPSA) is 75.3 Å². The largest absolute Gasteiger partial charge is 0.416 e. The number of hydrogen-bond acceptors (Lipinski definition) is 4. The summed E-state index contributed by atoms with van der Waals surface area (Å²) in [6, 6.07) is 13.1. The Balaban J connectivity index is 1.69. The summed E-state index contributed by atoms with van der Waals surface area (Å²) < 4.78 is 65.6. The maximum Gasteiger partial charge on any atom is 0.416 e. The highest BCUT2D eigenvalue weighted by Crippen LogP contribution is 2.30. The quantitative estimate of drug-likeness (QED) is 0.526. The van der Waals surface area contributed by atoms with Gasteiger partial charge < -0.3 is 5.32 Å². The molecule has 0 aliphatic rings. The maximum atomic E-state index is 12.7. The van der Waals surface area contributed by atoms with Crippen molar-refractivity contribution in [3.63, 3.8) is 0 Å². The molecule has 5 nitrogen and oxygen atoms in total. The summed E-state index contributed by atoms with van der Waals surface area (Å²) in [5.41, 5.74) is -0.164. The van der Waals surface area contributed by atoms with E-state index in [0.717, 1.165) is 17.0 Å². The number of alkyl halides is 3. The average molecular weight is 469 g/mol. The first-order valence-corrected chi connectivity index (χ1v) is 11.5. The molecule has 1 aromatic heterocycles. The zero-order valence-electron chi connectivity index (χ0n) is 16.3. The molecule has 0 fully saturated rings. The number of rotatable bonds is 7. The lowest BCUT2D eigenvalue weighted by molar-refractivity contribution is -0.137. The van der Waals surface area contributed by atoms with Gasteiger partial charge in [-0.2, -0.15) is 13.2 Å². The third kappa shape index (κ3) is 5.93. The molecule has 0 radical (unpaired) electrons. The molecule has 0 saturated carbocycles. The molecule has 1 amide bonds. The molecule has 3 aromatic rings. The molecule has 0 saturated heterocycles. The Morgan fingerprint density at radius 3 is 2.39 bits per heavy atom. The Morgan fingerprint density at radius 1 is 1.06 bits per heavy atom. The van der Waals surface area contributed by atoms with Gasteiger partial charge in [-0.25, -0.2) is 13.1 Å². The van der Waals surface area contributed by atoms with Crippen molar-refractivity contribution in [3.05, 3.63) is 87.6 Å². The number of halogens is 3. The van der Waals surface area contributed by atoms with Gasteiger partial charge in [0.1, 0.15) is 0 Å². The van der Waals surface area contributed by atoms with E-state index in [2.05, 4.69) is 10.0 Å². The fourth-order valence-corrected chi connectivity index (χ4v) is 4.58. The number of nitrogens with one attached hydrogen (secondary N) is 2.